The first-order valence-electron chi connectivity index (χ1n) is 9.08. The summed E-state index contributed by atoms with van der Waals surface area (Å²) in [6, 6.07) is 6.35. The van der Waals surface area contributed by atoms with Crippen LogP contribution in [0.4, 0.5) is 0 Å². The first-order valence-corrected chi connectivity index (χ1v) is 9.46. The molecule has 0 saturated heterocycles. The minimum atomic E-state index is -0.487. The molecule has 0 aromatic heterocycles. The van der Waals surface area contributed by atoms with E-state index in [2.05, 4.69) is 59.7 Å². The highest BCUT2D eigenvalue weighted by Gasteiger charge is 2.37. The number of benzene rings is 1. The van der Waals surface area contributed by atoms with Crippen molar-refractivity contribution in [3.05, 3.63) is 34.3 Å². The molecule has 0 heterocycles. The van der Waals surface area contributed by atoms with Crippen LogP contribution in [0.3, 0.4) is 0 Å². The molecule has 24 heavy (non-hydrogen) atoms. The Kier molecular flexibility index (Phi) is 7.34. The van der Waals surface area contributed by atoms with E-state index in [1.54, 1.807) is 0 Å². The molecule has 0 radical (unpaired) electrons. The zero-order valence-corrected chi connectivity index (χ0v) is 17.2. The Hall–Kier alpha value is -0.570. The molecule has 138 valence electrons. The van der Waals surface area contributed by atoms with Crippen molar-refractivity contribution >= 4 is 11.6 Å². The van der Waals surface area contributed by atoms with Crippen molar-refractivity contribution in [2.24, 2.45) is 23.0 Å². The van der Waals surface area contributed by atoms with Crippen LogP contribution in [-0.4, -0.2) is 17.3 Å². The molecule has 2 nitrogen and oxygen atoms in total. The van der Waals surface area contributed by atoms with Crippen LogP contribution in [0.5, 0.6) is 0 Å². The smallest absolute Gasteiger partial charge is 0.0479 e. The molecule has 0 saturated carbocycles. The van der Waals surface area contributed by atoms with Gasteiger partial charge in [0.1, 0.15) is 0 Å². The minimum absolute atomic E-state index is 0.0480. The Labute approximate surface area is 153 Å². The molecule has 1 unspecified atom stereocenters. The van der Waals surface area contributed by atoms with Gasteiger partial charge >= 0.3 is 0 Å². The number of halogens is 1. The Balaban J connectivity index is 3.00. The lowest BCUT2D eigenvalue weighted by molar-refractivity contribution is 0.107. The quantitative estimate of drug-likeness (QED) is 0.688. The number of hydrogen-bond donors (Lipinski definition) is 2. The van der Waals surface area contributed by atoms with Gasteiger partial charge in [-0.2, -0.15) is 0 Å². The summed E-state index contributed by atoms with van der Waals surface area (Å²) in [7, 11) is 0. The summed E-state index contributed by atoms with van der Waals surface area (Å²) >= 11 is 6.54. The average Bonchev–Trinajstić information content (AvgIpc) is 2.44. The highest BCUT2D eigenvalue weighted by Crippen LogP contribution is 2.37. The summed E-state index contributed by atoms with van der Waals surface area (Å²) in [5.41, 5.74) is 8.80. The summed E-state index contributed by atoms with van der Waals surface area (Å²) in [4.78, 5) is 0. The maximum Gasteiger partial charge on any atom is 0.0479 e. The van der Waals surface area contributed by atoms with Gasteiger partial charge in [0, 0.05) is 23.1 Å². The van der Waals surface area contributed by atoms with Crippen molar-refractivity contribution in [2.45, 2.75) is 72.8 Å². The number of aliphatic hydroxyl groups is 1. The number of rotatable bonds is 7. The number of hydrogen-bond acceptors (Lipinski definition) is 2. The third-order valence-electron chi connectivity index (χ3n) is 5.45. The molecule has 3 heteroatoms. The molecule has 0 spiro atoms. The van der Waals surface area contributed by atoms with E-state index >= 15 is 0 Å². The van der Waals surface area contributed by atoms with Crippen LogP contribution in [0, 0.1) is 17.3 Å². The number of nitrogens with two attached hydrogens (primary N) is 1. The Morgan fingerprint density at radius 1 is 1.12 bits per heavy atom. The van der Waals surface area contributed by atoms with Crippen LogP contribution >= 0.6 is 11.6 Å². The van der Waals surface area contributed by atoms with Crippen molar-refractivity contribution < 1.29 is 5.11 Å². The lowest BCUT2D eigenvalue weighted by atomic mass is 9.70. The summed E-state index contributed by atoms with van der Waals surface area (Å²) in [6.07, 6.45) is 2.10. The van der Waals surface area contributed by atoms with Gasteiger partial charge < -0.3 is 10.8 Å². The molecule has 1 rings (SSSR count). The molecule has 1 aromatic rings. The predicted octanol–water partition coefficient (Wildman–Crippen LogP) is 5.40. The summed E-state index contributed by atoms with van der Waals surface area (Å²) in [6.45, 7) is 15.2. The van der Waals surface area contributed by atoms with E-state index in [1.165, 1.54) is 5.56 Å². The van der Waals surface area contributed by atoms with E-state index in [0.717, 1.165) is 23.4 Å². The van der Waals surface area contributed by atoms with E-state index < -0.39 is 5.54 Å². The van der Waals surface area contributed by atoms with Crippen molar-refractivity contribution in [2.75, 3.05) is 6.61 Å². The summed E-state index contributed by atoms with van der Waals surface area (Å²) < 4.78 is 0. The van der Waals surface area contributed by atoms with Crippen LogP contribution in [-0.2, 0) is 6.42 Å². The van der Waals surface area contributed by atoms with Crippen LogP contribution in [0.25, 0.3) is 0 Å². The van der Waals surface area contributed by atoms with Gasteiger partial charge in [0.2, 0.25) is 0 Å². The van der Waals surface area contributed by atoms with Crippen LogP contribution < -0.4 is 5.73 Å². The third-order valence-corrected chi connectivity index (χ3v) is 5.81. The zero-order valence-electron chi connectivity index (χ0n) is 16.5. The fourth-order valence-corrected chi connectivity index (χ4v) is 3.63. The lowest BCUT2D eigenvalue weighted by Crippen LogP contribution is -2.52. The molecule has 3 N–H and O–H groups in total. The molecule has 0 aliphatic heterocycles. The summed E-state index contributed by atoms with van der Waals surface area (Å²) in [5.74, 6) is 0.493. The van der Waals surface area contributed by atoms with Crippen LogP contribution in [0.2, 0.25) is 5.02 Å². The Morgan fingerprint density at radius 2 is 1.71 bits per heavy atom. The first-order chi connectivity index (χ1) is 10.9. The molecule has 0 amide bonds. The van der Waals surface area contributed by atoms with Crippen molar-refractivity contribution in [1.29, 1.82) is 0 Å². The molecular formula is C21H36ClNO. The van der Waals surface area contributed by atoms with E-state index in [-0.39, 0.29) is 18.4 Å². The van der Waals surface area contributed by atoms with Crippen molar-refractivity contribution in [3.8, 4) is 0 Å². The van der Waals surface area contributed by atoms with Crippen LogP contribution in [0.1, 0.15) is 71.9 Å². The number of aliphatic hydroxyl groups excluding tert-OH is 1. The van der Waals surface area contributed by atoms with Crippen molar-refractivity contribution in [3.63, 3.8) is 0 Å². The van der Waals surface area contributed by atoms with Gasteiger partial charge in [-0.05, 0) is 54.2 Å². The first kappa shape index (κ1) is 21.5. The molecule has 0 aliphatic rings. The minimum Gasteiger partial charge on any atom is -0.396 e. The van der Waals surface area contributed by atoms with E-state index in [1.807, 2.05) is 6.92 Å². The van der Waals surface area contributed by atoms with Gasteiger partial charge in [0.15, 0.2) is 0 Å². The SMILES string of the molecule is CC(C)C(CO)[C@@](C)(N)[C@@H](C)c1ccc(CCC(C)(C)C)c(Cl)c1. The molecular weight excluding hydrogens is 318 g/mol. The monoisotopic (exact) mass is 353 g/mol. The third kappa shape index (κ3) is 5.47. The van der Waals surface area contributed by atoms with Gasteiger partial charge in [-0.3, -0.25) is 0 Å². The average molecular weight is 354 g/mol. The van der Waals surface area contributed by atoms with Gasteiger partial charge in [-0.25, -0.2) is 0 Å². The lowest BCUT2D eigenvalue weighted by Gasteiger charge is -2.41. The van der Waals surface area contributed by atoms with E-state index in [4.69, 9.17) is 17.3 Å². The maximum absolute atomic E-state index is 9.77. The molecule has 0 bridgehead atoms. The highest BCUT2D eigenvalue weighted by atomic mass is 35.5. The van der Waals surface area contributed by atoms with E-state index in [0.29, 0.717) is 11.3 Å². The molecule has 1 aromatic carbocycles. The topological polar surface area (TPSA) is 46.2 Å². The second-order valence-electron chi connectivity index (χ2n) is 9.03. The fraction of sp³-hybridized carbons (Fsp3) is 0.714. The fourth-order valence-electron chi connectivity index (χ4n) is 3.35. The molecule has 0 aliphatic carbocycles. The van der Waals surface area contributed by atoms with E-state index in [9.17, 15) is 5.11 Å². The second-order valence-corrected chi connectivity index (χ2v) is 9.44. The molecule has 3 atom stereocenters. The zero-order chi connectivity index (χ0) is 18.7. The largest absolute Gasteiger partial charge is 0.396 e. The second kappa shape index (κ2) is 8.21. The van der Waals surface area contributed by atoms with Crippen molar-refractivity contribution in [1.82, 2.24) is 0 Å². The Morgan fingerprint density at radius 3 is 2.12 bits per heavy atom. The Bertz CT molecular complexity index is 531. The highest BCUT2D eigenvalue weighted by molar-refractivity contribution is 6.31. The van der Waals surface area contributed by atoms with Gasteiger partial charge in [-0.15, -0.1) is 0 Å². The van der Waals surface area contributed by atoms with Gasteiger partial charge in [0.25, 0.3) is 0 Å². The van der Waals surface area contributed by atoms with Crippen LogP contribution in [0.15, 0.2) is 18.2 Å². The number of aryl methyl sites for hydroxylation is 1. The van der Waals surface area contributed by atoms with Gasteiger partial charge in [0.05, 0.1) is 0 Å². The normalized spacial score (nSPS) is 17.6. The molecule has 0 fully saturated rings. The maximum atomic E-state index is 9.77. The standard InChI is InChI=1S/C21H36ClNO/c1-14(2)18(13-24)21(7,23)15(3)17-9-8-16(19(22)12-17)10-11-20(4,5)6/h8-9,12,14-15,18,24H,10-11,13,23H2,1-7H3/t15-,18?,21-/m0/s1. The van der Waals surface area contributed by atoms with Gasteiger partial charge in [-0.1, -0.05) is 65.3 Å². The summed E-state index contributed by atoms with van der Waals surface area (Å²) in [5, 5.41) is 10.6. The predicted molar refractivity (Wildman–Crippen MR) is 106 cm³/mol.